The highest BCUT2D eigenvalue weighted by Gasteiger charge is 2.24. The van der Waals surface area contributed by atoms with Gasteiger partial charge in [-0.3, -0.25) is 0 Å². The van der Waals surface area contributed by atoms with Crippen LogP contribution in [-0.4, -0.2) is 23.2 Å². The Bertz CT molecular complexity index is 563. The van der Waals surface area contributed by atoms with E-state index in [1.807, 2.05) is 18.2 Å². The van der Waals surface area contributed by atoms with E-state index >= 15 is 0 Å². The molecule has 3 rings (SSSR count). The molecular weight excluding hydrogens is 224 g/mol. The molecule has 1 aromatic carbocycles. The fraction of sp³-hybridized carbons (Fsp3) is 0.400. The van der Waals surface area contributed by atoms with Gasteiger partial charge >= 0.3 is 0 Å². The summed E-state index contributed by atoms with van der Waals surface area (Å²) in [6, 6.07) is 10.8. The smallest absolute Gasteiger partial charge is 0.136 e. The molecule has 3 nitrogen and oxygen atoms in total. The number of aliphatic hydroxyl groups is 1. The molecule has 1 aliphatic rings. The largest absolute Gasteiger partial charge is 0.390 e. The molecule has 3 heteroatoms. The van der Waals surface area contributed by atoms with Crippen LogP contribution in [0.3, 0.4) is 0 Å². The highest BCUT2D eigenvalue weighted by Crippen LogP contribution is 2.32. The zero-order valence-electron chi connectivity index (χ0n) is 10.6. The minimum Gasteiger partial charge on any atom is -0.390 e. The van der Waals surface area contributed by atoms with Crippen LogP contribution in [-0.2, 0) is 6.61 Å². The fourth-order valence-electron chi connectivity index (χ4n) is 2.53. The number of rotatable bonds is 3. The maximum absolute atomic E-state index is 9.33. The molecule has 94 valence electrons. The molecule has 1 heterocycles. The average molecular weight is 242 g/mol. The fourth-order valence-corrected chi connectivity index (χ4v) is 2.53. The third-order valence-corrected chi connectivity index (χ3v) is 3.89. The summed E-state index contributed by atoms with van der Waals surface area (Å²) < 4.78 is 0. The van der Waals surface area contributed by atoms with Crippen molar-refractivity contribution in [2.45, 2.75) is 31.9 Å². The summed E-state index contributed by atoms with van der Waals surface area (Å²) in [4.78, 5) is 6.87. The van der Waals surface area contributed by atoms with Crippen LogP contribution in [0.5, 0.6) is 0 Å². The first kappa shape index (κ1) is 11.5. The second-order valence-corrected chi connectivity index (χ2v) is 5.01. The van der Waals surface area contributed by atoms with Crippen molar-refractivity contribution >= 4 is 16.6 Å². The van der Waals surface area contributed by atoms with Crippen molar-refractivity contribution in [1.29, 1.82) is 0 Å². The molecule has 0 aliphatic heterocycles. The van der Waals surface area contributed by atoms with Crippen molar-refractivity contribution in [3.8, 4) is 0 Å². The van der Waals surface area contributed by atoms with Gasteiger partial charge in [-0.1, -0.05) is 24.3 Å². The summed E-state index contributed by atoms with van der Waals surface area (Å²) in [5.74, 6) is 1.00. The van der Waals surface area contributed by atoms with Crippen LogP contribution in [0.2, 0.25) is 0 Å². The van der Waals surface area contributed by atoms with Gasteiger partial charge in [0.25, 0.3) is 0 Å². The van der Waals surface area contributed by atoms with Gasteiger partial charge in [0.2, 0.25) is 0 Å². The Kier molecular flexibility index (Phi) is 2.92. The SMILES string of the molecule is CN(c1nc(CO)cc2ccccc12)C1CCC1. The van der Waals surface area contributed by atoms with Gasteiger partial charge in [0, 0.05) is 18.5 Å². The predicted octanol–water partition coefficient (Wildman–Crippen LogP) is 2.72. The quantitative estimate of drug-likeness (QED) is 0.899. The van der Waals surface area contributed by atoms with Gasteiger partial charge in [-0.05, 0) is 30.7 Å². The van der Waals surface area contributed by atoms with Gasteiger partial charge in [-0.15, -0.1) is 0 Å². The lowest BCUT2D eigenvalue weighted by atomic mass is 9.91. The molecule has 0 unspecified atom stereocenters. The average Bonchev–Trinajstić information content (AvgIpc) is 2.35. The molecule has 0 amide bonds. The van der Waals surface area contributed by atoms with E-state index in [1.165, 1.54) is 24.6 Å². The summed E-state index contributed by atoms with van der Waals surface area (Å²) in [5.41, 5.74) is 0.745. The van der Waals surface area contributed by atoms with Crippen molar-refractivity contribution < 1.29 is 5.11 Å². The number of aliphatic hydroxyl groups excluding tert-OH is 1. The number of aromatic nitrogens is 1. The van der Waals surface area contributed by atoms with E-state index in [0.717, 1.165) is 16.9 Å². The van der Waals surface area contributed by atoms with E-state index in [0.29, 0.717) is 6.04 Å². The summed E-state index contributed by atoms with van der Waals surface area (Å²) in [7, 11) is 2.11. The van der Waals surface area contributed by atoms with Crippen molar-refractivity contribution in [3.05, 3.63) is 36.0 Å². The van der Waals surface area contributed by atoms with Crippen LogP contribution in [0.1, 0.15) is 25.0 Å². The molecule has 1 aliphatic carbocycles. The molecular formula is C15H18N2O. The first-order valence-corrected chi connectivity index (χ1v) is 6.52. The Morgan fingerprint density at radius 2 is 2.11 bits per heavy atom. The van der Waals surface area contributed by atoms with E-state index in [4.69, 9.17) is 0 Å². The second-order valence-electron chi connectivity index (χ2n) is 5.01. The van der Waals surface area contributed by atoms with Gasteiger partial charge in [0.1, 0.15) is 5.82 Å². The third kappa shape index (κ3) is 1.85. The molecule has 0 bridgehead atoms. The van der Waals surface area contributed by atoms with Crippen LogP contribution in [0.4, 0.5) is 5.82 Å². The Balaban J connectivity index is 2.12. The Hall–Kier alpha value is -1.61. The number of anilines is 1. The lowest BCUT2D eigenvalue weighted by molar-refractivity contribution is 0.277. The Morgan fingerprint density at radius 1 is 1.33 bits per heavy atom. The molecule has 0 spiro atoms. The normalized spacial score (nSPS) is 15.7. The van der Waals surface area contributed by atoms with Gasteiger partial charge in [0.05, 0.1) is 12.3 Å². The topological polar surface area (TPSA) is 36.4 Å². The molecule has 1 N–H and O–H groups in total. The molecule has 1 fully saturated rings. The lowest BCUT2D eigenvalue weighted by Crippen LogP contribution is -2.37. The first-order chi connectivity index (χ1) is 8.79. The number of pyridine rings is 1. The third-order valence-electron chi connectivity index (χ3n) is 3.89. The summed E-state index contributed by atoms with van der Waals surface area (Å²) in [5, 5.41) is 11.7. The highest BCUT2D eigenvalue weighted by molar-refractivity contribution is 5.92. The number of fused-ring (bicyclic) bond motifs is 1. The van der Waals surface area contributed by atoms with Crippen LogP contribution in [0.25, 0.3) is 10.8 Å². The predicted molar refractivity (Wildman–Crippen MR) is 73.7 cm³/mol. The Morgan fingerprint density at radius 3 is 2.78 bits per heavy atom. The highest BCUT2D eigenvalue weighted by atomic mass is 16.3. The van der Waals surface area contributed by atoms with Gasteiger partial charge in [0.15, 0.2) is 0 Å². The van der Waals surface area contributed by atoms with Crippen LogP contribution >= 0.6 is 0 Å². The lowest BCUT2D eigenvalue weighted by Gasteiger charge is -2.36. The minimum absolute atomic E-state index is 0.00363. The number of benzene rings is 1. The zero-order chi connectivity index (χ0) is 12.5. The standard InChI is InChI=1S/C15H18N2O/c1-17(13-6-4-7-13)15-14-8-3-2-5-11(14)9-12(10-18)16-15/h2-3,5,8-9,13,18H,4,6-7,10H2,1H3. The maximum atomic E-state index is 9.33. The molecule has 0 saturated heterocycles. The van der Waals surface area contributed by atoms with Gasteiger partial charge in [-0.25, -0.2) is 4.98 Å². The minimum atomic E-state index is -0.00363. The summed E-state index contributed by atoms with van der Waals surface area (Å²) in [6.45, 7) is -0.00363. The van der Waals surface area contributed by atoms with Crippen molar-refractivity contribution in [3.63, 3.8) is 0 Å². The monoisotopic (exact) mass is 242 g/mol. The molecule has 2 aromatic rings. The van der Waals surface area contributed by atoms with Crippen molar-refractivity contribution in [2.75, 3.05) is 11.9 Å². The van der Waals surface area contributed by atoms with Crippen molar-refractivity contribution in [1.82, 2.24) is 4.98 Å². The summed E-state index contributed by atoms with van der Waals surface area (Å²) >= 11 is 0. The first-order valence-electron chi connectivity index (χ1n) is 6.52. The molecule has 1 saturated carbocycles. The van der Waals surface area contributed by atoms with Crippen LogP contribution in [0, 0.1) is 0 Å². The van der Waals surface area contributed by atoms with Crippen molar-refractivity contribution in [2.24, 2.45) is 0 Å². The second kappa shape index (κ2) is 4.58. The molecule has 0 radical (unpaired) electrons. The van der Waals surface area contributed by atoms with E-state index in [2.05, 4.69) is 29.1 Å². The number of nitrogens with zero attached hydrogens (tertiary/aromatic N) is 2. The maximum Gasteiger partial charge on any atom is 0.136 e. The molecule has 1 aromatic heterocycles. The van der Waals surface area contributed by atoms with E-state index in [-0.39, 0.29) is 6.61 Å². The van der Waals surface area contributed by atoms with Gasteiger partial charge < -0.3 is 10.0 Å². The summed E-state index contributed by atoms with van der Waals surface area (Å²) in [6.07, 6.45) is 3.80. The zero-order valence-corrected chi connectivity index (χ0v) is 10.6. The van der Waals surface area contributed by atoms with E-state index < -0.39 is 0 Å². The number of hydrogen-bond acceptors (Lipinski definition) is 3. The van der Waals surface area contributed by atoms with Crippen LogP contribution in [0.15, 0.2) is 30.3 Å². The Labute approximate surface area is 107 Å². The van der Waals surface area contributed by atoms with Gasteiger partial charge in [-0.2, -0.15) is 0 Å². The van der Waals surface area contributed by atoms with Crippen LogP contribution < -0.4 is 4.90 Å². The van der Waals surface area contributed by atoms with E-state index in [1.54, 1.807) is 0 Å². The molecule has 18 heavy (non-hydrogen) atoms. The van der Waals surface area contributed by atoms with E-state index in [9.17, 15) is 5.11 Å². The number of hydrogen-bond donors (Lipinski definition) is 1. The molecule has 0 atom stereocenters.